The fourth-order valence-electron chi connectivity index (χ4n) is 1.90. The Bertz CT molecular complexity index is 567. The molecule has 2 aromatic carbocycles. The molecule has 0 bridgehead atoms. The number of rotatable bonds is 3. The first-order valence-corrected chi connectivity index (χ1v) is 5.55. The normalized spacial score (nSPS) is 11.7. The molecule has 2 rings (SSSR count). The van der Waals surface area contributed by atoms with Gasteiger partial charge in [0.2, 0.25) is 5.78 Å². The fourth-order valence-corrected chi connectivity index (χ4v) is 1.90. The monoisotopic (exact) mass is 252 g/mol. The van der Waals surface area contributed by atoms with E-state index in [1.54, 1.807) is 12.1 Å². The van der Waals surface area contributed by atoms with Crippen molar-refractivity contribution in [1.82, 2.24) is 0 Å². The van der Waals surface area contributed by atoms with E-state index in [4.69, 9.17) is 0 Å². The highest BCUT2D eigenvalue weighted by atomic mass is 19.4. The SMILES string of the molecule is O=C(CCc1cccc2ccccc12)C(F)(F)F. The molecule has 0 saturated carbocycles. The lowest BCUT2D eigenvalue weighted by Crippen LogP contribution is -2.22. The number of halogens is 3. The molecule has 94 valence electrons. The van der Waals surface area contributed by atoms with Crippen molar-refractivity contribution in [2.24, 2.45) is 0 Å². The third-order valence-electron chi connectivity index (χ3n) is 2.82. The van der Waals surface area contributed by atoms with Gasteiger partial charge in [0.15, 0.2) is 0 Å². The molecule has 0 saturated heterocycles. The largest absolute Gasteiger partial charge is 0.449 e. The molecule has 0 aliphatic carbocycles. The fraction of sp³-hybridized carbons (Fsp3) is 0.214. The number of hydrogen-bond acceptors (Lipinski definition) is 1. The molecule has 0 fully saturated rings. The minimum Gasteiger partial charge on any atom is -0.290 e. The maximum Gasteiger partial charge on any atom is 0.449 e. The summed E-state index contributed by atoms with van der Waals surface area (Å²) in [4.78, 5) is 10.8. The average molecular weight is 252 g/mol. The molecule has 0 aliphatic heterocycles. The van der Waals surface area contributed by atoms with Gasteiger partial charge in [0.05, 0.1) is 0 Å². The van der Waals surface area contributed by atoms with Crippen molar-refractivity contribution in [2.45, 2.75) is 19.0 Å². The Hall–Kier alpha value is -1.84. The summed E-state index contributed by atoms with van der Waals surface area (Å²) in [7, 11) is 0. The minimum absolute atomic E-state index is 0.111. The Kier molecular flexibility index (Phi) is 3.36. The van der Waals surface area contributed by atoms with Crippen molar-refractivity contribution in [3.63, 3.8) is 0 Å². The van der Waals surface area contributed by atoms with Gasteiger partial charge in [-0.3, -0.25) is 4.79 Å². The van der Waals surface area contributed by atoms with Gasteiger partial charge in [0, 0.05) is 6.42 Å². The third-order valence-corrected chi connectivity index (χ3v) is 2.82. The summed E-state index contributed by atoms with van der Waals surface area (Å²) < 4.78 is 36.3. The number of aryl methyl sites for hydroxylation is 1. The summed E-state index contributed by atoms with van der Waals surface area (Å²) in [5.41, 5.74) is 0.769. The molecular weight excluding hydrogens is 241 g/mol. The number of benzene rings is 2. The van der Waals surface area contributed by atoms with Gasteiger partial charge in [-0.1, -0.05) is 42.5 Å². The predicted octanol–water partition coefficient (Wildman–Crippen LogP) is 3.90. The van der Waals surface area contributed by atoms with Crippen LogP contribution in [0.25, 0.3) is 10.8 Å². The molecule has 4 heteroatoms. The van der Waals surface area contributed by atoms with Gasteiger partial charge in [0.25, 0.3) is 0 Å². The smallest absolute Gasteiger partial charge is 0.290 e. The Morgan fingerprint density at radius 3 is 2.39 bits per heavy atom. The second-order valence-electron chi connectivity index (χ2n) is 4.06. The Labute approximate surface area is 102 Å². The summed E-state index contributed by atoms with van der Waals surface area (Å²) in [6.45, 7) is 0. The second kappa shape index (κ2) is 4.80. The first-order chi connectivity index (χ1) is 8.48. The predicted molar refractivity (Wildman–Crippen MR) is 63.3 cm³/mol. The zero-order valence-electron chi connectivity index (χ0n) is 9.50. The highest BCUT2D eigenvalue weighted by Crippen LogP contribution is 2.23. The van der Waals surface area contributed by atoms with Crippen molar-refractivity contribution < 1.29 is 18.0 Å². The number of carbonyl (C=O) groups excluding carboxylic acids is 1. The van der Waals surface area contributed by atoms with Crippen LogP contribution in [-0.4, -0.2) is 12.0 Å². The maximum atomic E-state index is 12.1. The molecule has 0 radical (unpaired) electrons. The molecule has 1 nitrogen and oxygen atoms in total. The molecule has 0 N–H and O–H groups in total. The number of ketones is 1. The molecule has 18 heavy (non-hydrogen) atoms. The van der Waals surface area contributed by atoms with Crippen molar-refractivity contribution in [3.05, 3.63) is 48.0 Å². The van der Waals surface area contributed by atoms with E-state index in [1.165, 1.54) is 0 Å². The molecule has 0 amide bonds. The van der Waals surface area contributed by atoms with Crippen molar-refractivity contribution in [1.29, 1.82) is 0 Å². The Morgan fingerprint density at radius 2 is 1.67 bits per heavy atom. The van der Waals surface area contributed by atoms with Crippen LogP contribution in [0.3, 0.4) is 0 Å². The second-order valence-corrected chi connectivity index (χ2v) is 4.06. The zero-order valence-corrected chi connectivity index (χ0v) is 9.50. The molecule has 2 aromatic rings. The molecule has 0 spiro atoms. The molecule has 0 heterocycles. The summed E-state index contributed by atoms with van der Waals surface area (Å²) in [6, 6.07) is 12.9. The lowest BCUT2D eigenvalue weighted by Gasteiger charge is -2.07. The number of carbonyl (C=O) groups is 1. The van der Waals surface area contributed by atoms with Gasteiger partial charge in [-0.25, -0.2) is 0 Å². The first kappa shape index (κ1) is 12.6. The Balaban J connectivity index is 2.20. The highest BCUT2D eigenvalue weighted by molar-refractivity contribution is 5.87. The van der Waals surface area contributed by atoms with Gasteiger partial charge in [-0.2, -0.15) is 13.2 Å². The number of fused-ring (bicyclic) bond motifs is 1. The molecule has 0 atom stereocenters. The summed E-state index contributed by atoms with van der Waals surface area (Å²) >= 11 is 0. The van der Waals surface area contributed by atoms with Crippen LogP contribution in [0.1, 0.15) is 12.0 Å². The van der Waals surface area contributed by atoms with E-state index in [2.05, 4.69) is 0 Å². The van der Waals surface area contributed by atoms with E-state index in [1.807, 2.05) is 30.3 Å². The molecule has 0 aromatic heterocycles. The van der Waals surface area contributed by atoms with Crippen LogP contribution in [-0.2, 0) is 11.2 Å². The Morgan fingerprint density at radius 1 is 1.00 bits per heavy atom. The summed E-state index contributed by atoms with van der Waals surface area (Å²) in [5.74, 6) is -1.67. The third kappa shape index (κ3) is 2.70. The van der Waals surface area contributed by atoms with Gasteiger partial charge in [-0.15, -0.1) is 0 Å². The van der Waals surface area contributed by atoms with Crippen molar-refractivity contribution in [2.75, 3.05) is 0 Å². The molecule has 0 aliphatic rings. The quantitative estimate of drug-likeness (QED) is 0.809. The van der Waals surface area contributed by atoms with Gasteiger partial charge in [-0.05, 0) is 22.8 Å². The average Bonchev–Trinajstić information content (AvgIpc) is 2.34. The molecular formula is C14H11F3O. The zero-order chi connectivity index (χ0) is 13.2. The van der Waals surface area contributed by atoms with E-state index in [-0.39, 0.29) is 6.42 Å². The number of alkyl halides is 3. The van der Waals surface area contributed by atoms with Gasteiger partial charge >= 0.3 is 6.18 Å². The van der Waals surface area contributed by atoms with Crippen LogP contribution in [0.4, 0.5) is 13.2 Å². The van der Waals surface area contributed by atoms with Crippen molar-refractivity contribution in [3.8, 4) is 0 Å². The first-order valence-electron chi connectivity index (χ1n) is 5.55. The van der Waals surface area contributed by atoms with Crippen LogP contribution in [0.5, 0.6) is 0 Å². The van der Waals surface area contributed by atoms with Crippen LogP contribution >= 0.6 is 0 Å². The van der Waals surface area contributed by atoms with E-state index in [0.717, 1.165) is 16.3 Å². The number of Topliss-reactive ketones (excluding diaryl/α,β-unsaturated/α-hetero) is 1. The lowest BCUT2D eigenvalue weighted by molar-refractivity contribution is -0.170. The highest BCUT2D eigenvalue weighted by Gasteiger charge is 2.37. The lowest BCUT2D eigenvalue weighted by atomic mass is 10.00. The summed E-state index contributed by atoms with van der Waals surface area (Å²) in [5, 5.41) is 1.87. The van der Waals surface area contributed by atoms with E-state index in [0.29, 0.717) is 0 Å². The van der Waals surface area contributed by atoms with E-state index < -0.39 is 18.4 Å². The molecule has 0 unspecified atom stereocenters. The standard InChI is InChI=1S/C14H11F3O/c15-14(16,17)13(18)9-8-11-6-3-5-10-4-1-2-7-12(10)11/h1-7H,8-9H2. The van der Waals surface area contributed by atoms with Crippen LogP contribution in [0.2, 0.25) is 0 Å². The van der Waals surface area contributed by atoms with Crippen LogP contribution in [0, 0.1) is 0 Å². The minimum atomic E-state index is -4.73. The van der Waals surface area contributed by atoms with Crippen LogP contribution in [0.15, 0.2) is 42.5 Å². The van der Waals surface area contributed by atoms with Gasteiger partial charge < -0.3 is 0 Å². The van der Waals surface area contributed by atoms with Crippen LogP contribution < -0.4 is 0 Å². The van der Waals surface area contributed by atoms with Gasteiger partial charge in [0.1, 0.15) is 0 Å². The number of hydrogen-bond donors (Lipinski definition) is 0. The van der Waals surface area contributed by atoms with E-state index >= 15 is 0 Å². The summed E-state index contributed by atoms with van der Waals surface area (Å²) in [6.07, 6.45) is -5.12. The topological polar surface area (TPSA) is 17.1 Å². The van der Waals surface area contributed by atoms with E-state index in [9.17, 15) is 18.0 Å². The van der Waals surface area contributed by atoms with Crippen molar-refractivity contribution >= 4 is 16.6 Å². The maximum absolute atomic E-state index is 12.1.